The first-order valence-electron chi connectivity index (χ1n) is 4.41. The molecule has 0 aromatic carbocycles. The van der Waals surface area contributed by atoms with Crippen molar-refractivity contribution >= 4 is 11.3 Å². The van der Waals surface area contributed by atoms with E-state index in [2.05, 4.69) is 29.3 Å². The van der Waals surface area contributed by atoms with Crippen molar-refractivity contribution in [3.63, 3.8) is 0 Å². The average molecular weight is 175 g/mol. The Morgan fingerprint density at radius 1 is 1.38 bits per heavy atom. The standard InChI is InChI=1S/C10H13N3/c1-7(2)8-3-4-9-10(11)12-5-6-13(8)9/h3-7H,1-2H3,(H2,11,12). The second-order valence-electron chi connectivity index (χ2n) is 3.48. The molecule has 2 aromatic rings. The van der Waals surface area contributed by atoms with Crippen molar-refractivity contribution in [2.45, 2.75) is 19.8 Å². The first kappa shape index (κ1) is 8.10. The van der Waals surface area contributed by atoms with Crippen LogP contribution in [-0.4, -0.2) is 9.38 Å². The zero-order valence-corrected chi connectivity index (χ0v) is 7.86. The van der Waals surface area contributed by atoms with Gasteiger partial charge in [-0.3, -0.25) is 0 Å². The Morgan fingerprint density at radius 3 is 2.85 bits per heavy atom. The molecular formula is C10H13N3. The molecule has 0 aliphatic heterocycles. The fourth-order valence-electron chi connectivity index (χ4n) is 1.56. The Hall–Kier alpha value is -1.51. The summed E-state index contributed by atoms with van der Waals surface area (Å²) in [4.78, 5) is 4.04. The molecule has 2 heterocycles. The number of nitrogens with two attached hydrogens (primary N) is 1. The van der Waals surface area contributed by atoms with Crippen LogP contribution in [0.3, 0.4) is 0 Å². The van der Waals surface area contributed by atoms with Crippen LogP contribution in [0.25, 0.3) is 5.52 Å². The normalized spacial score (nSPS) is 11.3. The van der Waals surface area contributed by atoms with Gasteiger partial charge in [-0.15, -0.1) is 0 Å². The van der Waals surface area contributed by atoms with Crippen molar-refractivity contribution in [2.75, 3.05) is 5.73 Å². The number of hydrogen-bond donors (Lipinski definition) is 1. The van der Waals surface area contributed by atoms with Gasteiger partial charge in [0.15, 0.2) is 0 Å². The monoisotopic (exact) mass is 175 g/mol. The Kier molecular flexibility index (Phi) is 1.72. The first-order valence-corrected chi connectivity index (χ1v) is 4.41. The molecule has 0 unspecified atom stereocenters. The topological polar surface area (TPSA) is 43.3 Å². The smallest absolute Gasteiger partial charge is 0.147 e. The van der Waals surface area contributed by atoms with Crippen molar-refractivity contribution in [1.29, 1.82) is 0 Å². The van der Waals surface area contributed by atoms with Crippen molar-refractivity contribution in [1.82, 2.24) is 9.38 Å². The third kappa shape index (κ3) is 1.16. The molecule has 0 spiro atoms. The summed E-state index contributed by atoms with van der Waals surface area (Å²) in [5, 5.41) is 0. The van der Waals surface area contributed by atoms with Crippen molar-refractivity contribution in [3.05, 3.63) is 30.2 Å². The highest BCUT2D eigenvalue weighted by molar-refractivity contribution is 5.66. The SMILES string of the molecule is CC(C)c1ccc2c(N)nccn12. The third-order valence-electron chi connectivity index (χ3n) is 2.23. The zero-order chi connectivity index (χ0) is 9.42. The van der Waals surface area contributed by atoms with E-state index in [0.29, 0.717) is 11.7 Å². The Labute approximate surface area is 77.2 Å². The molecule has 13 heavy (non-hydrogen) atoms. The summed E-state index contributed by atoms with van der Waals surface area (Å²) in [7, 11) is 0. The number of aromatic nitrogens is 2. The molecule has 0 saturated heterocycles. The predicted molar refractivity (Wildman–Crippen MR) is 53.7 cm³/mol. The van der Waals surface area contributed by atoms with Gasteiger partial charge in [0.2, 0.25) is 0 Å². The van der Waals surface area contributed by atoms with Crippen LogP contribution >= 0.6 is 0 Å². The lowest BCUT2D eigenvalue weighted by molar-refractivity contribution is 0.807. The summed E-state index contributed by atoms with van der Waals surface area (Å²) >= 11 is 0. The van der Waals surface area contributed by atoms with Crippen molar-refractivity contribution in [2.24, 2.45) is 0 Å². The second-order valence-corrected chi connectivity index (χ2v) is 3.48. The zero-order valence-electron chi connectivity index (χ0n) is 7.86. The maximum Gasteiger partial charge on any atom is 0.147 e. The van der Waals surface area contributed by atoms with Gasteiger partial charge in [-0.25, -0.2) is 4.98 Å². The fraction of sp³-hybridized carbons (Fsp3) is 0.300. The van der Waals surface area contributed by atoms with Gasteiger partial charge in [-0.05, 0) is 18.1 Å². The van der Waals surface area contributed by atoms with Crippen LogP contribution in [0, 0.1) is 0 Å². The maximum absolute atomic E-state index is 5.74. The molecule has 2 aromatic heterocycles. The van der Waals surface area contributed by atoms with Crippen LogP contribution in [0.1, 0.15) is 25.5 Å². The second kappa shape index (κ2) is 2.76. The largest absolute Gasteiger partial charge is 0.382 e. The predicted octanol–water partition coefficient (Wildman–Crippen LogP) is 2.04. The van der Waals surface area contributed by atoms with E-state index in [1.165, 1.54) is 5.69 Å². The minimum Gasteiger partial charge on any atom is -0.382 e. The van der Waals surface area contributed by atoms with E-state index in [1.54, 1.807) is 6.20 Å². The molecule has 3 nitrogen and oxygen atoms in total. The Morgan fingerprint density at radius 2 is 2.15 bits per heavy atom. The Bertz CT molecular complexity index is 429. The van der Waals surface area contributed by atoms with E-state index < -0.39 is 0 Å². The van der Waals surface area contributed by atoms with E-state index in [9.17, 15) is 0 Å². The first-order chi connectivity index (χ1) is 6.20. The summed E-state index contributed by atoms with van der Waals surface area (Å²) in [5.74, 6) is 1.10. The minimum absolute atomic E-state index is 0.504. The van der Waals surface area contributed by atoms with Gasteiger partial charge in [0.25, 0.3) is 0 Å². The van der Waals surface area contributed by atoms with Crippen LogP contribution in [0.5, 0.6) is 0 Å². The maximum atomic E-state index is 5.74. The molecule has 0 fully saturated rings. The van der Waals surface area contributed by atoms with Gasteiger partial charge < -0.3 is 10.1 Å². The lowest BCUT2D eigenvalue weighted by atomic mass is 10.1. The summed E-state index contributed by atoms with van der Waals surface area (Å²) in [5.41, 5.74) is 8.00. The van der Waals surface area contributed by atoms with Gasteiger partial charge in [0, 0.05) is 18.1 Å². The summed E-state index contributed by atoms with van der Waals surface area (Å²) in [6.45, 7) is 4.33. The molecular weight excluding hydrogens is 162 g/mol. The van der Waals surface area contributed by atoms with Crippen LogP contribution in [0.15, 0.2) is 24.5 Å². The van der Waals surface area contributed by atoms with Crippen molar-refractivity contribution < 1.29 is 0 Å². The minimum atomic E-state index is 0.504. The third-order valence-corrected chi connectivity index (χ3v) is 2.23. The van der Waals surface area contributed by atoms with Crippen LogP contribution in [0.2, 0.25) is 0 Å². The van der Waals surface area contributed by atoms with Gasteiger partial charge in [-0.2, -0.15) is 0 Å². The van der Waals surface area contributed by atoms with Crippen LogP contribution in [0.4, 0.5) is 5.82 Å². The number of hydrogen-bond acceptors (Lipinski definition) is 2. The quantitative estimate of drug-likeness (QED) is 0.720. The fourth-order valence-corrected chi connectivity index (χ4v) is 1.56. The van der Waals surface area contributed by atoms with E-state index in [4.69, 9.17) is 5.73 Å². The van der Waals surface area contributed by atoms with Gasteiger partial charge >= 0.3 is 0 Å². The van der Waals surface area contributed by atoms with Crippen LogP contribution in [-0.2, 0) is 0 Å². The average Bonchev–Trinajstić information content (AvgIpc) is 2.48. The highest BCUT2D eigenvalue weighted by atomic mass is 15.0. The number of rotatable bonds is 1. The van der Waals surface area contributed by atoms with Gasteiger partial charge in [-0.1, -0.05) is 13.8 Å². The number of nitrogen functional groups attached to an aromatic ring is 1. The van der Waals surface area contributed by atoms with E-state index in [1.807, 2.05) is 12.3 Å². The van der Waals surface area contributed by atoms with E-state index >= 15 is 0 Å². The number of anilines is 1. The molecule has 2 rings (SSSR count). The summed E-state index contributed by atoms with van der Waals surface area (Å²) < 4.78 is 2.09. The van der Waals surface area contributed by atoms with Gasteiger partial charge in [0.05, 0.1) is 5.52 Å². The number of nitrogens with zero attached hydrogens (tertiary/aromatic N) is 2. The lowest BCUT2D eigenvalue weighted by Crippen LogP contribution is -1.98. The highest BCUT2D eigenvalue weighted by Gasteiger charge is 2.06. The molecule has 0 saturated carbocycles. The highest BCUT2D eigenvalue weighted by Crippen LogP contribution is 2.20. The molecule has 3 heteroatoms. The van der Waals surface area contributed by atoms with E-state index in [0.717, 1.165) is 5.52 Å². The summed E-state index contributed by atoms with van der Waals surface area (Å²) in [6.07, 6.45) is 3.68. The molecule has 0 radical (unpaired) electrons. The molecule has 0 amide bonds. The molecule has 0 aliphatic rings. The molecule has 2 N–H and O–H groups in total. The molecule has 0 bridgehead atoms. The Balaban J connectivity index is 2.75. The lowest BCUT2D eigenvalue weighted by Gasteiger charge is -2.05. The molecule has 0 atom stereocenters. The molecule has 68 valence electrons. The van der Waals surface area contributed by atoms with Gasteiger partial charge in [0.1, 0.15) is 5.82 Å². The number of fused-ring (bicyclic) bond motifs is 1. The van der Waals surface area contributed by atoms with Crippen LogP contribution < -0.4 is 5.73 Å². The van der Waals surface area contributed by atoms with E-state index in [-0.39, 0.29) is 0 Å². The molecule has 0 aliphatic carbocycles. The summed E-state index contributed by atoms with van der Waals surface area (Å²) in [6, 6.07) is 4.11. The van der Waals surface area contributed by atoms with Crippen molar-refractivity contribution in [3.8, 4) is 0 Å².